The molecule has 126 heavy (non-hydrogen) atoms. The molecule has 0 radical (unpaired) electrons. The molecule has 0 bridgehead atoms. The molecule has 0 atom stereocenters. The van der Waals surface area contributed by atoms with Gasteiger partial charge in [0, 0.05) is 29.4 Å². The lowest BCUT2D eigenvalue weighted by Gasteiger charge is -2.20. The molecule has 0 saturated carbocycles. The maximum Gasteiger partial charge on any atom is 0.0215 e. The van der Waals surface area contributed by atoms with Crippen molar-refractivity contribution >= 4 is 103 Å². The first-order chi connectivity index (χ1) is 62.6. The Bertz CT molecular complexity index is 2400. The van der Waals surface area contributed by atoms with Crippen LogP contribution in [-0.2, 0) is 0 Å². The molecule has 0 unspecified atom stereocenters. The van der Waals surface area contributed by atoms with Crippen molar-refractivity contribution < 1.29 is 0 Å². The second-order valence-corrected chi connectivity index (χ2v) is 47.1. The van der Waals surface area contributed by atoms with E-state index in [-0.39, 0.29) is 0 Å². The summed E-state index contributed by atoms with van der Waals surface area (Å²) in [6.45, 7) is 14.1. The maximum absolute atomic E-state index is 2.80. The molecule has 0 amide bonds. The predicted octanol–water partition coefficient (Wildman–Crippen LogP) is 46.9. The first-order valence-corrected chi connectivity index (χ1v) is 63.8. The number of benzene rings is 4. The highest BCUT2D eigenvalue weighted by Crippen LogP contribution is 2.48. The minimum Gasteiger partial charge on any atom is -0.125 e. The Labute approximate surface area is 815 Å². The Morgan fingerprint density at radius 2 is 0.175 bits per heavy atom. The largest absolute Gasteiger partial charge is 0.125 e. The third-order valence-electron chi connectivity index (χ3n) is 28.2. The Balaban J connectivity index is 1.71. The zero-order valence-electron chi connectivity index (χ0n) is 85.8. The molecule has 0 heterocycles. The van der Waals surface area contributed by atoms with Crippen LogP contribution in [0.2, 0.25) is 0 Å². The third-order valence-corrected chi connectivity index (χ3v) is 35.4. The van der Waals surface area contributed by atoms with Crippen molar-refractivity contribution in [2.75, 3.05) is 34.5 Å². The van der Waals surface area contributed by atoms with E-state index >= 15 is 0 Å². The lowest BCUT2D eigenvalue weighted by atomic mass is 9.94. The average molecular weight is 1850 g/mol. The van der Waals surface area contributed by atoms with Crippen molar-refractivity contribution in [3.63, 3.8) is 0 Å². The molecule has 4 aromatic rings. The normalized spacial score (nSPS) is 12.0. The van der Waals surface area contributed by atoms with E-state index in [2.05, 4.69) is 149 Å². The number of fused-ring (bicyclic) bond motifs is 6. The second kappa shape index (κ2) is 92.5. The van der Waals surface area contributed by atoms with Crippen molar-refractivity contribution in [2.45, 2.75) is 649 Å². The summed E-state index contributed by atoms with van der Waals surface area (Å²) in [5, 5.41) is 9.23. The minimum absolute atomic E-state index is 1.24. The number of unbranched alkanes of at least 4 members (excludes halogenated alkanes) is 84. The fourth-order valence-electron chi connectivity index (χ4n) is 19.6. The highest BCUT2D eigenvalue weighted by molar-refractivity contribution is 8.03. The molecule has 0 fully saturated rings. The zero-order valence-corrected chi connectivity index (χ0v) is 90.7. The lowest BCUT2D eigenvalue weighted by Crippen LogP contribution is -1.94. The topological polar surface area (TPSA) is 0 Å². The molecule has 0 aliphatic heterocycles. The van der Waals surface area contributed by atoms with Gasteiger partial charge in [-0.25, -0.2) is 0 Å². The summed E-state index contributed by atoms with van der Waals surface area (Å²) in [7, 11) is 0. The lowest BCUT2D eigenvalue weighted by molar-refractivity contribution is 0.535. The Kier molecular flexibility index (Phi) is 86.6. The van der Waals surface area contributed by atoms with Crippen LogP contribution in [0.25, 0.3) is 32.3 Å². The Morgan fingerprint density at radius 3 is 0.254 bits per heavy atom. The number of hydrogen-bond donors (Lipinski definition) is 0. The van der Waals surface area contributed by atoms with Crippen LogP contribution >= 0.6 is 70.6 Å². The van der Waals surface area contributed by atoms with Crippen LogP contribution in [0.5, 0.6) is 0 Å². The molecule has 4 aromatic carbocycles. The van der Waals surface area contributed by atoms with Gasteiger partial charge in [-0.2, -0.15) is 0 Å². The summed E-state index contributed by atoms with van der Waals surface area (Å²) in [6.07, 6.45) is 129. The van der Waals surface area contributed by atoms with Gasteiger partial charge in [-0.1, -0.05) is 581 Å². The van der Waals surface area contributed by atoms with Gasteiger partial charge in [0.15, 0.2) is 0 Å². The molecular weight excluding hydrogens is 1630 g/mol. The van der Waals surface area contributed by atoms with Crippen LogP contribution in [0.3, 0.4) is 0 Å². The van der Waals surface area contributed by atoms with E-state index in [9.17, 15) is 0 Å². The zero-order chi connectivity index (χ0) is 89.3. The number of rotatable bonds is 102. The van der Waals surface area contributed by atoms with Crippen molar-refractivity contribution in [2.24, 2.45) is 0 Å². The average Bonchev–Trinajstić information content (AvgIpc) is 0.725. The van der Waals surface area contributed by atoms with E-state index in [0.29, 0.717) is 0 Å². The van der Waals surface area contributed by atoms with Gasteiger partial charge in [0.05, 0.1) is 0 Å². The molecule has 6 heteroatoms. The highest BCUT2D eigenvalue weighted by Gasteiger charge is 2.20. The van der Waals surface area contributed by atoms with E-state index < -0.39 is 0 Å². The van der Waals surface area contributed by atoms with Crippen LogP contribution in [0.15, 0.2) is 65.8 Å². The van der Waals surface area contributed by atoms with Crippen LogP contribution < -0.4 is 0 Å². The van der Waals surface area contributed by atoms with Gasteiger partial charge in [-0.05, 0) is 142 Å². The highest BCUT2D eigenvalue weighted by atomic mass is 32.2. The Hall–Kier alpha value is -0.240. The minimum atomic E-state index is 1.24. The fraction of sp³-hybridized carbons (Fsp3) is 0.850. The Morgan fingerprint density at radius 1 is 0.103 bits per heavy atom. The fourth-order valence-corrected chi connectivity index (χ4v) is 26.5. The monoisotopic (exact) mass is 1850 g/mol. The standard InChI is InChI=1S/C120H216S6/c1-7-13-19-25-31-37-43-49-55-61-67-73-79-85-91-97-121-115-103-109-110(104-116(115)122-98-92-86-80-74-68-62-56-50-44-38-32-26-20-14-8-2)112-106-118(124-100-94-88-82-76-70-64-58-52-46-40-34-28-22-16-10-4)120(126-102-96-90-84-78-72-66-60-54-48-42-36-30-24-18-12-6)108-114(112)113-107-119(125-101-95-89-83-77-71-65-59-53-47-41-35-29-23-17-11-5)117(105-111(109)113)123-99-93-87-81-75-69-63-57-51-45-39-33-27-21-15-9-3/h103-108H,7-102H2,1-6H3. The van der Waals surface area contributed by atoms with E-state index in [1.54, 1.807) is 29.4 Å². The van der Waals surface area contributed by atoms with Crippen LogP contribution in [0.1, 0.15) is 619 Å². The maximum atomic E-state index is 2.80. The molecular formula is C120H216S6. The van der Waals surface area contributed by atoms with Gasteiger partial charge in [-0.3, -0.25) is 0 Å². The van der Waals surface area contributed by atoms with Gasteiger partial charge in [0.1, 0.15) is 0 Å². The van der Waals surface area contributed by atoms with Crippen LogP contribution in [0, 0.1) is 0 Å². The van der Waals surface area contributed by atoms with Crippen molar-refractivity contribution in [3.8, 4) is 0 Å². The van der Waals surface area contributed by atoms with Gasteiger partial charge in [-0.15, -0.1) is 70.6 Å². The summed E-state index contributed by atoms with van der Waals surface area (Å²) in [5.41, 5.74) is 0. The first kappa shape index (κ1) is 118. The summed E-state index contributed by atoms with van der Waals surface area (Å²) in [6, 6.07) is 16.8. The summed E-state index contributed by atoms with van der Waals surface area (Å²) >= 11 is 13.4. The molecule has 0 aliphatic rings. The van der Waals surface area contributed by atoms with Gasteiger partial charge >= 0.3 is 0 Å². The quantitative estimate of drug-likeness (QED) is 0.0244. The summed E-state index contributed by atoms with van der Waals surface area (Å²) in [5.74, 6) is 7.43. The van der Waals surface area contributed by atoms with E-state index in [1.807, 2.05) is 0 Å². The van der Waals surface area contributed by atoms with E-state index in [4.69, 9.17) is 0 Å². The van der Waals surface area contributed by atoms with Crippen molar-refractivity contribution in [3.05, 3.63) is 36.4 Å². The molecule has 0 aromatic heterocycles. The molecule has 4 rings (SSSR count). The van der Waals surface area contributed by atoms with Crippen molar-refractivity contribution in [1.29, 1.82) is 0 Å². The van der Waals surface area contributed by atoms with Crippen LogP contribution in [0.4, 0.5) is 0 Å². The third kappa shape index (κ3) is 66.3. The smallest absolute Gasteiger partial charge is 0.0215 e. The molecule has 732 valence electrons. The van der Waals surface area contributed by atoms with Gasteiger partial charge in [0.25, 0.3) is 0 Å². The van der Waals surface area contributed by atoms with E-state index in [0.717, 1.165) is 0 Å². The first-order valence-electron chi connectivity index (χ1n) is 57.9. The molecule has 0 spiro atoms. The van der Waals surface area contributed by atoms with E-state index in [1.165, 1.54) is 645 Å². The number of thioether (sulfide) groups is 6. The van der Waals surface area contributed by atoms with Crippen molar-refractivity contribution in [1.82, 2.24) is 0 Å². The number of hydrogen-bond acceptors (Lipinski definition) is 6. The van der Waals surface area contributed by atoms with Gasteiger partial charge < -0.3 is 0 Å². The van der Waals surface area contributed by atoms with Gasteiger partial charge in [0.2, 0.25) is 0 Å². The van der Waals surface area contributed by atoms with Crippen LogP contribution in [-0.4, -0.2) is 34.5 Å². The molecule has 0 nitrogen and oxygen atoms in total. The summed E-state index contributed by atoms with van der Waals surface area (Å²) < 4.78 is 0. The summed E-state index contributed by atoms with van der Waals surface area (Å²) in [4.78, 5) is 9.48. The molecule has 0 saturated heterocycles. The SMILES string of the molecule is CCCCCCCCCCCCCCCCCSc1cc2c3cc(SCCCCCCCCCCCCCCCCC)c(SCCCCCCCCCCCCCCCCC)cc3c3cc(SCCCCCCCCCCCCCCCCC)c(SCCCCCCCCCCCCCCCCC)cc3c2cc1SCCCCCCCCCCCCCCCCC. The molecule has 0 N–H and O–H groups in total. The predicted molar refractivity (Wildman–Crippen MR) is 593 cm³/mol. The second-order valence-electron chi connectivity index (χ2n) is 40.3. The molecule has 0 aliphatic carbocycles.